The molecule has 0 aliphatic carbocycles. The van der Waals surface area contributed by atoms with E-state index in [9.17, 15) is 4.79 Å². The Labute approximate surface area is 230 Å². The van der Waals surface area contributed by atoms with Gasteiger partial charge >= 0.3 is 6.09 Å². The van der Waals surface area contributed by atoms with Crippen LogP contribution in [0.5, 0.6) is 0 Å². The molecule has 0 saturated heterocycles. The molecule has 0 spiro atoms. The Balaban J connectivity index is 1.76. The third-order valence-corrected chi connectivity index (χ3v) is 6.97. The number of amides is 1. The summed E-state index contributed by atoms with van der Waals surface area (Å²) in [6.07, 6.45) is 3.49. The van der Waals surface area contributed by atoms with E-state index in [0.717, 1.165) is 43.0 Å². The SMILES string of the molecule is Cc1ccc2[nH]cc(C(/C(=N\NC(=O)OC(C)(C)C)c3ccc(Br)cc3)c3c[nH]c4ccc(C)cc34)c2c1. The molecule has 2 aromatic heterocycles. The molecule has 0 aliphatic rings. The number of nitrogens with zero attached hydrogens (tertiary/aromatic N) is 1. The Morgan fingerprint density at radius 2 is 1.39 bits per heavy atom. The number of aryl methyl sites for hydroxylation is 2. The number of aromatic nitrogens is 2. The van der Waals surface area contributed by atoms with E-state index < -0.39 is 11.7 Å². The predicted molar refractivity (Wildman–Crippen MR) is 158 cm³/mol. The van der Waals surface area contributed by atoms with Gasteiger partial charge in [-0.05, 0) is 87.7 Å². The maximum absolute atomic E-state index is 12.7. The van der Waals surface area contributed by atoms with Crippen LogP contribution >= 0.6 is 15.9 Å². The zero-order valence-electron chi connectivity index (χ0n) is 22.1. The summed E-state index contributed by atoms with van der Waals surface area (Å²) < 4.78 is 6.46. The lowest BCUT2D eigenvalue weighted by Gasteiger charge is -2.22. The lowest BCUT2D eigenvalue weighted by Crippen LogP contribution is -2.31. The van der Waals surface area contributed by atoms with Crippen molar-refractivity contribution in [1.82, 2.24) is 15.4 Å². The fourth-order valence-corrected chi connectivity index (χ4v) is 5.04. The molecule has 0 atom stereocenters. The molecule has 194 valence electrons. The van der Waals surface area contributed by atoms with Crippen LogP contribution in [0.15, 0.2) is 82.6 Å². The summed E-state index contributed by atoms with van der Waals surface area (Å²) in [5.74, 6) is -0.294. The van der Waals surface area contributed by atoms with E-state index in [2.05, 4.69) is 81.6 Å². The second kappa shape index (κ2) is 10.1. The number of ether oxygens (including phenoxy) is 1. The Morgan fingerprint density at radius 1 is 0.868 bits per heavy atom. The summed E-state index contributed by atoms with van der Waals surface area (Å²) in [5, 5.41) is 6.95. The summed E-state index contributed by atoms with van der Waals surface area (Å²) in [7, 11) is 0. The highest BCUT2D eigenvalue weighted by atomic mass is 79.9. The molecule has 3 aromatic carbocycles. The molecule has 0 aliphatic heterocycles. The molecule has 0 radical (unpaired) electrons. The van der Waals surface area contributed by atoms with E-state index in [-0.39, 0.29) is 5.92 Å². The molecule has 5 rings (SSSR count). The largest absolute Gasteiger partial charge is 0.443 e. The smallest absolute Gasteiger partial charge is 0.428 e. The third kappa shape index (κ3) is 5.38. The number of carbonyl (C=O) groups is 1. The van der Waals surface area contributed by atoms with Gasteiger partial charge in [-0.3, -0.25) is 0 Å². The van der Waals surface area contributed by atoms with E-state index in [4.69, 9.17) is 9.84 Å². The van der Waals surface area contributed by atoms with Gasteiger partial charge in [-0.1, -0.05) is 51.3 Å². The number of aromatic amines is 2. The Kier molecular flexibility index (Phi) is 6.88. The quantitative estimate of drug-likeness (QED) is 0.147. The Bertz CT molecular complexity index is 1580. The van der Waals surface area contributed by atoms with Gasteiger partial charge in [0.15, 0.2) is 0 Å². The van der Waals surface area contributed by atoms with Gasteiger partial charge in [-0.2, -0.15) is 5.10 Å². The minimum absolute atomic E-state index is 0.294. The average Bonchev–Trinajstić information content (AvgIpc) is 3.45. The van der Waals surface area contributed by atoms with Crippen LogP contribution in [0.25, 0.3) is 21.8 Å². The van der Waals surface area contributed by atoms with Crippen molar-refractivity contribution in [3.05, 3.63) is 105 Å². The summed E-state index contributed by atoms with van der Waals surface area (Å²) in [6.45, 7) is 9.67. The van der Waals surface area contributed by atoms with Crippen LogP contribution in [-0.2, 0) is 4.74 Å². The average molecular weight is 572 g/mol. The van der Waals surface area contributed by atoms with Gasteiger partial charge in [0.1, 0.15) is 5.60 Å². The number of nitrogens with one attached hydrogen (secondary N) is 3. The van der Waals surface area contributed by atoms with Crippen LogP contribution in [0, 0.1) is 13.8 Å². The molecule has 38 heavy (non-hydrogen) atoms. The van der Waals surface area contributed by atoms with Crippen molar-refractivity contribution in [2.45, 2.75) is 46.1 Å². The lowest BCUT2D eigenvalue weighted by atomic mass is 9.83. The standard InChI is InChI=1S/C31H31BrN4O2/c1-18-6-12-26-22(14-18)24(16-33-26)28(25-17-34-27-13-7-19(2)15-23(25)27)29(20-8-10-21(32)11-9-20)35-36-30(37)38-31(3,4)5/h6-17,28,33-34H,1-5H3,(H,36,37)/b35-29-. The molecule has 5 aromatic rings. The molecule has 0 unspecified atom stereocenters. The van der Waals surface area contributed by atoms with Crippen molar-refractivity contribution in [2.24, 2.45) is 5.10 Å². The first kappa shape index (κ1) is 25.8. The maximum Gasteiger partial charge on any atom is 0.428 e. The van der Waals surface area contributed by atoms with Crippen molar-refractivity contribution in [3.8, 4) is 0 Å². The van der Waals surface area contributed by atoms with Gasteiger partial charge in [0.2, 0.25) is 0 Å². The number of hydrogen-bond acceptors (Lipinski definition) is 3. The fourth-order valence-electron chi connectivity index (χ4n) is 4.78. The second-order valence-electron chi connectivity index (χ2n) is 10.6. The maximum atomic E-state index is 12.7. The number of hydrazone groups is 1. The van der Waals surface area contributed by atoms with Crippen LogP contribution in [0.1, 0.15) is 54.5 Å². The van der Waals surface area contributed by atoms with Crippen molar-refractivity contribution in [1.29, 1.82) is 0 Å². The van der Waals surface area contributed by atoms with Crippen molar-refractivity contribution in [2.75, 3.05) is 0 Å². The Hall–Kier alpha value is -3.84. The molecule has 0 bridgehead atoms. The van der Waals surface area contributed by atoms with Gasteiger partial charge in [0.05, 0.1) is 11.6 Å². The number of halogens is 1. The summed E-state index contributed by atoms with van der Waals surface area (Å²) in [4.78, 5) is 19.6. The second-order valence-corrected chi connectivity index (χ2v) is 11.6. The fraction of sp³-hybridized carbons (Fsp3) is 0.226. The number of H-pyrrole nitrogens is 2. The molecule has 0 fully saturated rings. The molecular weight excluding hydrogens is 540 g/mol. The van der Waals surface area contributed by atoms with Crippen LogP contribution in [-0.4, -0.2) is 27.4 Å². The van der Waals surface area contributed by atoms with Gasteiger partial charge in [0, 0.05) is 38.7 Å². The molecule has 2 heterocycles. The van der Waals surface area contributed by atoms with Crippen molar-refractivity contribution in [3.63, 3.8) is 0 Å². The van der Waals surface area contributed by atoms with E-state index >= 15 is 0 Å². The van der Waals surface area contributed by atoms with E-state index in [0.29, 0.717) is 5.71 Å². The summed E-state index contributed by atoms with van der Waals surface area (Å²) in [6, 6.07) is 20.7. The highest BCUT2D eigenvalue weighted by molar-refractivity contribution is 9.10. The van der Waals surface area contributed by atoms with Crippen molar-refractivity contribution >= 4 is 49.5 Å². The van der Waals surface area contributed by atoms with Gasteiger partial charge in [-0.25, -0.2) is 10.2 Å². The number of carbonyl (C=O) groups excluding carboxylic acids is 1. The minimum Gasteiger partial charge on any atom is -0.443 e. The summed E-state index contributed by atoms with van der Waals surface area (Å²) >= 11 is 3.55. The predicted octanol–water partition coefficient (Wildman–Crippen LogP) is 8.09. The van der Waals surface area contributed by atoms with E-state index in [1.165, 1.54) is 11.1 Å². The molecule has 6 nitrogen and oxygen atoms in total. The number of hydrogen-bond donors (Lipinski definition) is 3. The molecule has 7 heteroatoms. The first-order valence-corrected chi connectivity index (χ1v) is 13.4. The molecule has 1 amide bonds. The molecular formula is C31H31BrN4O2. The number of benzene rings is 3. The highest BCUT2D eigenvalue weighted by Gasteiger charge is 2.28. The van der Waals surface area contributed by atoms with E-state index in [1.807, 2.05) is 57.4 Å². The van der Waals surface area contributed by atoms with Crippen LogP contribution < -0.4 is 5.43 Å². The zero-order valence-corrected chi connectivity index (χ0v) is 23.7. The zero-order chi connectivity index (χ0) is 27.0. The first-order chi connectivity index (χ1) is 18.1. The first-order valence-electron chi connectivity index (χ1n) is 12.6. The monoisotopic (exact) mass is 570 g/mol. The van der Waals surface area contributed by atoms with Gasteiger partial charge in [0.25, 0.3) is 0 Å². The number of rotatable bonds is 5. The normalized spacial score (nSPS) is 12.4. The Morgan fingerprint density at radius 3 is 1.89 bits per heavy atom. The topological polar surface area (TPSA) is 82.3 Å². The van der Waals surface area contributed by atoms with Gasteiger partial charge in [-0.15, -0.1) is 0 Å². The minimum atomic E-state index is -0.639. The highest BCUT2D eigenvalue weighted by Crippen LogP contribution is 2.38. The van der Waals surface area contributed by atoms with Crippen LogP contribution in [0.3, 0.4) is 0 Å². The van der Waals surface area contributed by atoms with Crippen molar-refractivity contribution < 1.29 is 9.53 Å². The molecule has 0 saturated carbocycles. The number of fused-ring (bicyclic) bond motifs is 2. The molecule has 3 N–H and O–H groups in total. The third-order valence-electron chi connectivity index (χ3n) is 6.44. The van der Waals surface area contributed by atoms with Crippen LogP contribution in [0.2, 0.25) is 0 Å². The van der Waals surface area contributed by atoms with Gasteiger partial charge < -0.3 is 14.7 Å². The van der Waals surface area contributed by atoms with Crippen LogP contribution in [0.4, 0.5) is 4.79 Å². The van der Waals surface area contributed by atoms with E-state index in [1.54, 1.807) is 0 Å². The summed E-state index contributed by atoms with van der Waals surface area (Å²) in [5.41, 5.74) is 10.2. The lowest BCUT2D eigenvalue weighted by molar-refractivity contribution is 0.0529.